The summed E-state index contributed by atoms with van der Waals surface area (Å²) in [5, 5.41) is 15.3. The third-order valence-corrected chi connectivity index (χ3v) is 10.1. The van der Waals surface area contributed by atoms with Gasteiger partial charge in [-0.1, -0.05) is 94.3 Å². The SMILES string of the molecule is CCCCCCCC/C=C\CCCCCCCCNC(=O)c1ccc(CO)c(NS(=O)(=O)c2sc(NC(C)=O)nc2C)c1. The number of allylic oxidation sites excluding steroid dienone is 2. The Morgan fingerprint density at radius 1 is 0.930 bits per heavy atom. The highest BCUT2D eigenvalue weighted by Gasteiger charge is 2.24. The summed E-state index contributed by atoms with van der Waals surface area (Å²) in [5.41, 5.74) is 0.967. The third kappa shape index (κ3) is 14.0. The number of hydrogen-bond acceptors (Lipinski definition) is 7. The highest BCUT2D eigenvalue weighted by Crippen LogP contribution is 2.30. The van der Waals surface area contributed by atoms with Gasteiger partial charge in [0.15, 0.2) is 9.34 Å². The van der Waals surface area contributed by atoms with Crippen molar-refractivity contribution in [2.24, 2.45) is 0 Å². The van der Waals surface area contributed by atoms with Crippen LogP contribution in [0.5, 0.6) is 0 Å². The molecule has 1 heterocycles. The number of aliphatic hydroxyl groups is 1. The van der Waals surface area contributed by atoms with Crippen LogP contribution in [-0.2, 0) is 21.4 Å². The fraction of sp³-hybridized carbons (Fsp3) is 0.594. The van der Waals surface area contributed by atoms with E-state index < -0.39 is 16.6 Å². The molecule has 0 saturated carbocycles. The smallest absolute Gasteiger partial charge is 0.273 e. The van der Waals surface area contributed by atoms with E-state index in [0.717, 1.165) is 37.0 Å². The highest BCUT2D eigenvalue weighted by atomic mass is 32.2. The van der Waals surface area contributed by atoms with E-state index in [1.165, 1.54) is 90.2 Å². The number of nitrogens with zero attached hydrogens (tertiary/aromatic N) is 1. The van der Waals surface area contributed by atoms with Crippen molar-refractivity contribution in [1.29, 1.82) is 0 Å². The van der Waals surface area contributed by atoms with Crippen LogP contribution >= 0.6 is 11.3 Å². The molecular weight excluding hydrogens is 585 g/mol. The Labute approximate surface area is 262 Å². The minimum Gasteiger partial charge on any atom is -0.392 e. The van der Waals surface area contributed by atoms with Gasteiger partial charge in [-0.3, -0.25) is 14.3 Å². The first kappa shape index (κ1) is 36.4. The van der Waals surface area contributed by atoms with Crippen LogP contribution in [0, 0.1) is 6.92 Å². The lowest BCUT2D eigenvalue weighted by molar-refractivity contribution is -0.114. The molecule has 240 valence electrons. The Morgan fingerprint density at radius 3 is 2.14 bits per heavy atom. The molecule has 11 heteroatoms. The van der Waals surface area contributed by atoms with E-state index in [4.69, 9.17) is 0 Å². The summed E-state index contributed by atoms with van der Waals surface area (Å²) >= 11 is 0.828. The maximum Gasteiger partial charge on any atom is 0.273 e. The summed E-state index contributed by atoms with van der Waals surface area (Å²) in [7, 11) is -4.07. The fourth-order valence-corrected chi connectivity index (χ4v) is 7.21. The first-order valence-electron chi connectivity index (χ1n) is 15.6. The molecule has 0 bridgehead atoms. The second-order valence-electron chi connectivity index (χ2n) is 10.9. The highest BCUT2D eigenvalue weighted by molar-refractivity contribution is 7.94. The molecule has 2 amide bonds. The fourth-order valence-electron chi connectivity index (χ4n) is 4.65. The molecule has 1 aromatic carbocycles. The Balaban J connectivity index is 1.70. The number of anilines is 2. The van der Waals surface area contributed by atoms with Gasteiger partial charge in [-0.25, -0.2) is 13.4 Å². The normalized spacial score (nSPS) is 11.6. The predicted octanol–water partition coefficient (Wildman–Crippen LogP) is 7.47. The van der Waals surface area contributed by atoms with Crippen molar-refractivity contribution in [2.45, 2.75) is 121 Å². The molecule has 0 fully saturated rings. The van der Waals surface area contributed by atoms with Gasteiger partial charge in [-0.15, -0.1) is 0 Å². The molecule has 0 radical (unpaired) electrons. The summed E-state index contributed by atoms with van der Waals surface area (Å²) in [5.74, 6) is -0.663. The maximum atomic E-state index is 13.1. The maximum absolute atomic E-state index is 13.1. The number of benzene rings is 1. The number of carbonyl (C=O) groups excluding carboxylic acids is 2. The van der Waals surface area contributed by atoms with Gasteiger partial charge in [0.1, 0.15) is 0 Å². The number of nitrogens with one attached hydrogen (secondary N) is 3. The zero-order valence-electron chi connectivity index (χ0n) is 26.0. The number of aromatic nitrogens is 1. The summed E-state index contributed by atoms with van der Waals surface area (Å²) in [6.07, 6.45) is 21.8. The molecule has 0 atom stereocenters. The van der Waals surface area contributed by atoms with Gasteiger partial charge >= 0.3 is 0 Å². The molecule has 0 aliphatic rings. The van der Waals surface area contributed by atoms with Crippen molar-refractivity contribution in [1.82, 2.24) is 10.3 Å². The van der Waals surface area contributed by atoms with Crippen molar-refractivity contribution in [3.05, 3.63) is 47.2 Å². The molecule has 0 aliphatic heterocycles. The van der Waals surface area contributed by atoms with E-state index in [2.05, 4.69) is 39.4 Å². The number of rotatable bonds is 22. The van der Waals surface area contributed by atoms with Gasteiger partial charge in [0.25, 0.3) is 15.9 Å². The van der Waals surface area contributed by atoms with Crippen LogP contribution in [0.1, 0.15) is 125 Å². The number of carbonyl (C=O) groups is 2. The van der Waals surface area contributed by atoms with Crippen LogP contribution < -0.4 is 15.4 Å². The molecule has 43 heavy (non-hydrogen) atoms. The molecule has 4 N–H and O–H groups in total. The number of unbranched alkanes of at least 4 members (excludes halogenated alkanes) is 12. The molecule has 0 aliphatic carbocycles. The second kappa shape index (κ2) is 20.2. The van der Waals surface area contributed by atoms with Crippen LogP contribution in [0.4, 0.5) is 10.8 Å². The number of aryl methyl sites for hydroxylation is 1. The Bertz CT molecular complexity index is 1270. The van der Waals surface area contributed by atoms with Gasteiger partial charge in [0, 0.05) is 24.6 Å². The quantitative estimate of drug-likeness (QED) is 0.0783. The Kier molecular flexibility index (Phi) is 17.2. The van der Waals surface area contributed by atoms with E-state index in [9.17, 15) is 23.1 Å². The standard InChI is InChI=1S/C32H50N4O5S2/c1-4-5-6-7-8-9-10-11-12-13-14-15-16-17-18-19-22-33-30(39)27-20-21-28(24-37)29(23-27)36-43(40,41)31-25(2)34-32(42-31)35-26(3)38/h11-12,20-21,23,36-37H,4-10,13-19,22,24H2,1-3H3,(H,33,39)(H,34,35,38)/b12-11-. The van der Waals surface area contributed by atoms with Crippen LogP contribution in [0.25, 0.3) is 0 Å². The average Bonchev–Trinajstić information content (AvgIpc) is 3.34. The largest absolute Gasteiger partial charge is 0.392 e. The van der Waals surface area contributed by atoms with Crippen LogP contribution in [-0.4, -0.2) is 36.9 Å². The molecule has 2 aromatic rings. The van der Waals surface area contributed by atoms with E-state index in [0.29, 0.717) is 17.7 Å². The van der Waals surface area contributed by atoms with Crippen LogP contribution in [0.3, 0.4) is 0 Å². The van der Waals surface area contributed by atoms with Gasteiger partial charge in [-0.2, -0.15) is 0 Å². The zero-order chi connectivity index (χ0) is 31.5. The zero-order valence-corrected chi connectivity index (χ0v) is 27.7. The second-order valence-corrected chi connectivity index (χ2v) is 13.8. The van der Waals surface area contributed by atoms with E-state index in [1.807, 2.05) is 0 Å². The van der Waals surface area contributed by atoms with Crippen molar-refractivity contribution in [3.8, 4) is 0 Å². The first-order valence-corrected chi connectivity index (χ1v) is 17.9. The van der Waals surface area contributed by atoms with E-state index in [-0.39, 0.29) is 32.5 Å². The van der Waals surface area contributed by atoms with Crippen molar-refractivity contribution >= 4 is 44.0 Å². The lowest BCUT2D eigenvalue weighted by Crippen LogP contribution is -2.25. The summed E-state index contributed by atoms with van der Waals surface area (Å²) in [6.45, 7) is 5.22. The van der Waals surface area contributed by atoms with Gasteiger partial charge in [0.05, 0.1) is 18.0 Å². The summed E-state index contributed by atoms with van der Waals surface area (Å²) in [6, 6.07) is 4.51. The van der Waals surface area contributed by atoms with Crippen LogP contribution in [0.15, 0.2) is 34.6 Å². The Morgan fingerprint density at radius 2 is 1.53 bits per heavy atom. The molecule has 0 unspecified atom stereocenters. The first-order chi connectivity index (χ1) is 20.7. The van der Waals surface area contributed by atoms with Gasteiger partial charge in [-0.05, 0) is 51.2 Å². The topological polar surface area (TPSA) is 137 Å². The van der Waals surface area contributed by atoms with E-state index >= 15 is 0 Å². The van der Waals surface area contributed by atoms with Crippen molar-refractivity contribution in [2.75, 3.05) is 16.6 Å². The molecule has 9 nitrogen and oxygen atoms in total. The molecule has 1 aromatic heterocycles. The van der Waals surface area contributed by atoms with Crippen molar-refractivity contribution in [3.63, 3.8) is 0 Å². The number of hydrogen-bond donors (Lipinski definition) is 4. The Hall–Kier alpha value is -2.76. The lowest BCUT2D eigenvalue weighted by atomic mass is 10.1. The molecule has 0 spiro atoms. The monoisotopic (exact) mass is 634 g/mol. The molecule has 2 rings (SSSR count). The predicted molar refractivity (Wildman–Crippen MR) is 176 cm³/mol. The van der Waals surface area contributed by atoms with Gasteiger partial charge in [0.2, 0.25) is 5.91 Å². The lowest BCUT2D eigenvalue weighted by Gasteiger charge is -2.13. The van der Waals surface area contributed by atoms with Crippen LogP contribution in [0.2, 0.25) is 0 Å². The average molecular weight is 635 g/mol. The molecule has 0 saturated heterocycles. The number of amides is 2. The number of thiazole rings is 1. The number of sulfonamides is 1. The minimum absolute atomic E-state index is 0.0602. The summed E-state index contributed by atoms with van der Waals surface area (Å²) in [4.78, 5) is 28.2. The minimum atomic E-state index is -4.07. The van der Waals surface area contributed by atoms with Crippen molar-refractivity contribution < 1.29 is 23.1 Å². The summed E-state index contributed by atoms with van der Waals surface area (Å²) < 4.78 is 28.6. The molecular formula is C32H50N4O5S2. The number of aliphatic hydroxyl groups excluding tert-OH is 1. The van der Waals surface area contributed by atoms with Gasteiger partial charge < -0.3 is 15.7 Å². The third-order valence-electron chi connectivity index (χ3n) is 7.04. The van der Waals surface area contributed by atoms with E-state index in [1.54, 1.807) is 6.07 Å².